The third-order valence-electron chi connectivity index (χ3n) is 5.82. The number of rotatable bonds is 7. The lowest BCUT2D eigenvalue weighted by Crippen LogP contribution is -2.26. The fraction of sp³-hybridized carbons (Fsp3) is 0.0690. The second kappa shape index (κ2) is 11.9. The molecule has 0 atom stereocenters. The van der Waals surface area contributed by atoms with E-state index in [4.69, 9.17) is 32.9 Å². The number of benzene rings is 3. The van der Waals surface area contributed by atoms with Gasteiger partial charge in [-0.1, -0.05) is 53.5 Å². The number of aromatic amines is 1. The van der Waals surface area contributed by atoms with Crippen molar-refractivity contribution in [3.8, 4) is 28.3 Å². The van der Waals surface area contributed by atoms with Crippen molar-refractivity contribution in [1.29, 1.82) is 0 Å². The van der Waals surface area contributed by atoms with Crippen molar-refractivity contribution >= 4 is 40.9 Å². The lowest BCUT2D eigenvalue weighted by Gasteiger charge is -2.11. The highest BCUT2D eigenvalue weighted by atomic mass is 35.5. The molecule has 0 aliphatic heterocycles. The Morgan fingerprint density at radius 3 is 2.41 bits per heavy atom. The van der Waals surface area contributed by atoms with Crippen LogP contribution < -0.4 is 15.4 Å². The van der Waals surface area contributed by atoms with Crippen molar-refractivity contribution < 1.29 is 22.7 Å². The zero-order valence-corrected chi connectivity index (χ0v) is 22.5. The van der Waals surface area contributed by atoms with Crippen LogP contribution in [0.5, 0.6) is 5.88 Å². The number of H-pyrrole nitrogens is 1. The Hall–Kier alpha value is -4.54. The number of aromatic nitrogens is 3. The number of amides is 1. The van der Waals surface area contributed by atoms with Crippen LogP contribution in [0.4, 0.5) is 29.6 Å². The second-order valence-corrected chi connectivity index (χ2v) is 9.67. The van der Waals surface area contributed by atoms with E-state index in [0.717, 1.165) is 17.8 Å². The van der Waals surface area contributed by atoms with Gasteiger partial charge in [-0.05, 0) is 53.6 Å². The predicted octanol–water partition coefficient (Wildman–Crippen LogP) is 8.50. The zero-order valence-electron chi connectivity index (χ0n) is 21.0. The number of alkyl halides is 3. The SMILES string of the molecule is O=C(NCc1cccc(C(F)(F)F)c1)Oc1cc(-c2nc(Nc3ccccc3)ncc2-c2cc(Cl)cc(Cl)c2)c[nH]1. The quantitative estimate of drug-likeness (QED) is 0.175. The minimum absolute atomic E-state index is 0.0906. The van der Waals surface area contributed by atoms with Gasteiger partial charge in [0.1, 0.15) is 0 Å². The van der Waals surface area contributed by atoms with Crippen LogP contribution in [0.1, 0.15) is 11.1 Å². The number of nitrogens with one attached hydrogen (secondary N) is 3. The van der Waals surface area contributed by atoms with Gasteiger partial charge in [-0.2, -0.15) is 13.2 Å². The summed E-state index contributed by atoms with van der Waals surface area (Å²) in [5, 5.41) is 6.46. The molecule has 0 unspecified atom stereocenters. The smallest absolute Gasteiger partial charge is 0.393 e. The highest BCUT2D eigenvalue weighted by Crippen LogP contribution is 2.35. The summed E-state index contributed by atoms with van der Waals surface area (Å²) in [6.07, 6.45) is -2.11. The summed E-state index contributed by atoms with van der Waals surface area (Å²) in [7, 11) is 0. The normalized spacial score (nSPS) is 11.2. The van der Waals surface area contributed by atoms with E-state index in [1.54, 1.807) is 36.7 Å². The van der Waals surface area contributed by atoms with E-state index in [1.165, 1.54) is 12.1 Å². The number of ether oxygens (including phenoxy) is 1. The van der Waals surface area contributed by atoms with Crippen LogP contribution >= 0.6 is 23.2 Å². The Balaban J connectivity index is 1.37. The molecule has 2 heterocycles. The summed E-state index contributed by atoms with van der Waals surface area (Å²) >= 11 is 12.5. The van der Waals surface area contributed by atoms with Gasteiger partial charge in [-0.15, -0.1) is 0 Å². The molecule has 41 heavy (non-hydrogen) atoms. The van der Waals surface area contributed by atoms with Crippen LogP contribution in [0.15, 0.2) is 91.3 Å². The molecule has 5 aromatic rings. The van der Waals surface area contributed by atoms with Crippen molar-refractivity contribution in [3.63, 3.8) is 0 Å². The standard InChI is InChI=1S/C29H20Cl2F3N5O2/c30-21-10-18(11-22(31)13-21)24-16-36-27(38-23-7-2-1-3-8-23)39-26(24)19-12-25(35-15-19)41-28(40)37-14-17-5-4-6-20(9-17)29(32,33)34/h1-13,15-16,35H,14H2,(H,37,40)(H,36,38,39). The summed E-state index contributed by atoms with van der Waals surface area (Å²) in [6.45, 7) is -0.156. The van der Waals surface area contributed by atoms with Crippen LogP contribution in [0.3, 0.4) is 0 Å². The van der Waals surface area contributed by atoms with Crippen LogP contribution in [-0.2, 0) is 12.7 Å². The number of halogens is 5. The fourth-order valence-corrected chi connectivity index (χ4v) is 4.50. The molecule has 0 aliphatic carbocycles. The maximum absolute atomic E-state index is 13.0. The average Bonchev–Trinajstić information content (AvgIpc) is 3.40. The first-order valence-corrected chi connectivity index (χ1v) is 12.9. The molecule has 5 rings (SSSR count). The van der Waals surface area contributed by atoms with Gasteiger partial charge in [0, 0.05) is 51.9 Å². The van der Waals surface area contributed by atoms with E-state index in [-0.39, 0.29) is 18.0 Å². The van der Waals surface area contributed by atoms with E-state index in [0.29, 0.717) is 38.4 Å². The lowest BCUT2D eigenvalue weighted by atomic mass is 10.0. The highest BCUT2D eigenvalue weighted by molar-refractivity contribution is 6.35. The Labute approximate surface area is 242 Å². The first-order valence-electron chi connectivity index (χ1n) is 12.1. The summed E-state index contributed by atoms with van der Waals surface area (Å²) < 4.78 is 44.2. The molecule has 3 N–H and O–H groups in total. The number of carbonyl (C=O) groups is 1. The maximum Gasteiger partial charge on any atom is 0.416 e. The van der Waals surface area contributed by atoms with Crippen molar-refractivity contribution in [2.24, 2.45) is 0 Å². The molecule has 12 heteroatoms. The molecule has 0 radical (unpaired) electrons. The van der Waals surface area contributed by atoms with E-state index in [1.807, 2.05) is 30.3 Å². The average molecular weight is 598 g/mol. The van der Waals surface area contributed by atoms with Crippen LogP contribution in [0.25, 0.3) is 22.4 Å². The van der Waals surface area contributed by atoms with Crippen molar-refractivity contribution in [3.05, 3.63) is 112 Å². The minimum atomic E-state index is -4.48. The predicted molar refractivity (Wildman–Crippen MR) is 151 cm³/mol. The van der Waals surface area contributed by atoms with E-state index in [2.05, 4.69) is 20.6 Å². The summed E-state index contributed by atoms with van der Waals surface area (Å²) in [5.41, 5.74) is 2.60. The molecule has 0 saturated carbocycles. The number of hydrogen-bond acceptors (Lipinski definition) is 5. The molecule has 0 spiro atoms. The summed E-state index contributed by atoms with van der Waals surface area (Å²) in [4.78, 5) is 24.4. The highest BCUT2D eigenvalue weighted by Gasteiger charge is 2.30. The van der Waals surface area contributed by atoms with Crippen LogP contribution in [-0.4, -0.2) is 21.0 Å². The van der Waals surface area contributed by atoms with E-state index >= 15 is 0 Å². The topological polar surface area (TPSA) is 91.9 Å². The largest absolute Gasteiger partial charge is 0.416 e. The van der Waals surface area contributed by atoms with Gasteiger partial charge in [0.25, 0.3) is 0 Å². The molecule has 2 aromatic heterocycles. The molecular formula is C29H20Cl2F3N5O2. The van der Waals surface area contributed by atoms with Gasteiger partial charge in [-0.3, -0.25) is 0 Å². The van der Waals surface area contributed by atoms with Gasteiger partial charge in [0.2, 0.25) is 11.8 Å². The number of hydrogen-bond donors (Lipinski definition) is 3. The number of nitrogens with zero attached hydrogens (tertiary/aromatic N) is 2. The maximum atomic E-state index is 13.0. The third kappa shape index (κ3) is 7.16. The van der Waals surface area contributed by atoms with Gasteiger partial charge in [0.05, 0.1) is 11.3 Å². The van der Waals surface area contributed by atoms with Crippen molar-refractivity contribution in [2.45, 2.75) is 12.7 Å². The number of anilines is 2. The molecule has 0 aliphatic rings. The molecule has 3 aromatic carbocycles. The van der Waals surface area contributed by atoms with Crippen molar-refractivity contribution in [1.82, 2.24) is 20.3 Å². The second-order valence-electron chi connectivity index (χ2n) is 8.80. The molecule has 1 amide bonds. The minimum Gasteiger partial charge on any atom is -0.393 e. The van der Waals surface area contributed by atoms with Gasteiger partial charge in [0.15, 0.2) is 0 Å². The Morgan fingerprint density at radius 1 is 0.927 bits per heavy atom. The first kappa shape index (κ1) is 28.0. The Morgan fingerprint density at radius 2 is 1.68 bits per heavy atom. The van der Waals surface area contributed by atoms with Gasteiger partial charge < -0.3 is 20.4 Å². The van der Waals surface area contributed by atoms with E-state index in [9.17, 15) is 18.0 Å². The van der Waals surface area contributed by atoms with Gasteiger partial charge in [-0.25, -0.2) is 14.8 Å². The lowest BCUT2D eigenvalue weighted by molar-refractivity contribution is -0.137. The Bertz CT molecular complexity index is 1670. The molecule has 208 valence electrons. The van der Waals surface area contributed by atoms with Crippen LogP contribution in [0, 0.1) is 0 Å². The molecule has 0 fully saturated rings. The molecule has 0 saturated heterocycles. The fourth-order valence-electron chi connectivity index (χ4n) is 3.97. The molecular weight excluding hydrogens is 578 g/mol. The monoisotopic (exact) mass is 597 g/mol. The third-order valence-corrected chi connectivity index (χ3v) is 6.25. The van der Waals surface area contributed by atoms with Crippen molar-refractivity contribution in [2.75, 3.05) is 5.32 Å². The summed E-state index contributed by atoms with van der Waals surface area (Å²) in [6, 6.07) is 20.7. The zero-order chi connectivity index (χ0) is 29.0. The first-order chi connectivity index (χ1) is 19.6. The summed E-state index contributed by atoms with van der Waals surface area (Å²) in [5.74, 6) is 0.415. The number of carbonyl (C=O) groups excluding carboxylic acids is 1. The molecule has 0 bridgehead atoms. The van der Waals surface area contributed by atoms with E-state index < -0.39 is 17.8 Å². The Kier molecular flexibility index (Phi) is 8.14. The molecule has 7 nitrogen and oxygen atoms in total. The van der Waals surface area contributed by atoms with Crippen LogP contribution in [0.2, 0.25) is 10.0 Å². The number of para-hydroxylation sites is 1. The van der Waals surface area contributed by atoms with Gasteiger partial charge >= 0.3 is 12.3 Å².